The van der Waals surface area contributed by atoms with Crippen molar-refractivity contribution >= 4 is 35.3 Å². The van der Waals surface area contributed by atoms with Gasteiger partial charge in [-0.1, -0.05) is 84.9 Å². The van der Waals surface area contributed by atoms with Crippen molar-refractivity contribution in [3.8, 4) is 0 Å². The Kier molecular flexibility index (Phi) is 5.95. The molecule has 2 rings (SSSR count). The molecule has 0 N–H and O–H groups in total. The summed E-state index contributed by atoms with van der Waals surface area (Å²) in [5.41, 5.74) is 2.93. The third kappa shape index (κ3) is 4.44. The number of benzene rings is 2. The molecular formula is C20H17ClO2. The number of esters is 1. The highest BCUT2D eigenvalue weighted by Crippen LogP contribution is 2.21. The van der Waals surface area contributed by atoms with Crippen molar-refractivity contribution in [1.82, 2.24) is 0 Å². The van der Waals surface area contributed by atoms with Crippen molar-refractivity contribution in [2.75, 3.05) is 7.11 Å². The smallest absolute Gasteiger partial charge is 0.337 e. The van der Waals surface area contributed by atoms with Crippen LogP contribution in [0.3, 0.4) is 0 Å². The molecule has 0 fully saturated rings. The molecule has 2 aromatic carbocycles. The Bertz CT molecular complexity index is 773. The van der Waals surface area contributed by atoms with Crippen molar-refractivity contribution < 1.29 is 9.53 Å². The fourth-order valence-corrected chi connectivity index (χ4v) is 2.28. The van der Waals surface area contributed by atoms with Gasteiger partial charge in [0.25, 0.3) is 0 Å². The summed E-state index contributed by atoms with van der Waals surface area (Å²) in [7, 11) is 1.35. The number of allylic oxidation sites excluding steroid dienone is 2. The van der Waals surface area contributed by atoms with Crippen molar-refractivity contribution in [3.05, 3.63) is 89.0 Å². The van der Waals surface area contributed by atoms with E-state index in [-0.39, 0.29) is 0 Å². The molecule has 0 saturated heterocycles. The van der Waals surface area contributed by atoms with E-state index < -0.39 is 5.97 Å². The van der Waals surface area contributed by atoms with E-state index in [0.29, 0.717) is 10.6 Å². The molecule has 0 unspecified atom stereocenters. The zero-order chi connectivity index (χ0) is 16.7. The highest BCUT2D eigenvalue weighted by Gasteiger charge is 2.11. The Labute approximate surface area is 141 Å². The average Bonchev–Trinajstić information content (AvgIpc) is 2.59. The lowest BCUT2D eigenvalue weighted by Crippen LogP contribution is -2.03. The molecule has 0 spiro atoms. The molecule has 0 saturated carbocycles. The van der Waals surface area contributed by atoms with Crippen molar-refractivity contribution in [2.24, 2.45) is 0 Å². The molecular weight excluding hydrogens is 308 g/mol. The second-order valence-electron chi connectivity index (χ2n) is 4.80. The molecule has 0 aliphatic heterocycles. The summed E-state index contributed by atoms with van der Waals surface area (Å²) in [6.07, 6.45) is 7.64. The van der Waals surface area contributed by atoms with Gasteiger partial charge in [0, 0.05) is 5.02 Å². The molecule has 0 aromatic heterocycles. The van der Waals surface area contributed by atoms with E-state index in [1.54, 1.807) is 0 Å². The molecule has 0 aliphatic carbocycles. The number of hydrogen-bond donors (Lipinski definition) is 0. The standard InChI is InChI=1S/C20H17ClO2/c1-15(20(22)23-2)18-13-7-5-10-16(18)9-3-4-11-17-12-6-8-14-19(17)21/h3-14H,1H2,2H3. The number of carbonyl (C=O) groups excluding carboxylic acids is 1. The van der Waals surface area contributed by atoms with Gasteiger partial charge in [-0.3, -0.25) is 0 Å². The van der Waals surface area contributed by atoms with Gasteiger partial charge in [0.1, 0.15) is 0 Å². The molecule has 2 aromatic rings. The summed E-state index contributed by atoms with van der Waals surface area (Å²) >= 11 is 6.10. The fourth-order valence-electron chi connectivity index (χ4n) is 2.08. The zero-order valence-electron chi connectivity index (χ0n) is 12.8. The molecule has 116 valence electrons. The first-order valence-corrected chi connectivity index (χ1v) is 7.47. The van der Waals surface area contributed by atoms with Gasteiger partial charge in [-0.15, -0.1) is 0 Å². The van der Waals surface area contributed by atoms with E-state index >= 15 is 0 Å². The van der Waals surface area contributed by atoms with Crippen LogP contribution in [-0.4, -0.2) is 13.1 Å². The highest BCUT2D eigenvalue weighted by molar-refractivity contribution is 6.32. The monoisotopic (exact) mass is 324 g/mol. The number of halogens is 1. The number of hydrogen-bond acceptors (Lipinski definition) is 2. The Hall–Kier alpha value is -2.58. The van der Waals surface area contributed by atoms with Crippen LogP contribution in [-0.2, 0) is 9.53 Å². The van der Waals surface area contributed by atoms with E-state index in [4.69, 9.17) is 16.3 Å². The molecule has 23 heavy (non-hydrogen) atoms. The van der Waals surface area contributed by atoms with E-state index in [1.807, 2.05) is 72.8 Å². The first-order chi connectivity index (χ1) is 11.1. The van der Waals surface area contributed by atoms with Crippen molar-refractivity contribution in [1.29, 1.82) is 0 Å². The SMILES string of the molecule is C=C(C(=O)OC)c1ccccc1C=CC=Cc1ccccc1Cl. The topological polar surface area (TPSA) is 26.3 Å². The minimum atomic E-state index is -0.433. The van der Waals surface area contributed by atoms with Gasteiger partial charge in [0.05, 0.1) is 12.7 Å². The lowest BCUT2D eigenvalue weighted by Gasteiger charge is -2.07. The van der Waals surface area contributed by atoms with E-state index in [0.717, 1.165) is 16.7 Å². The minimum Gasteiger partial charge on any atom is -0.465 e. The molecule has 0 amide bonds. The second kappa shape index (κ2) is 8.16. The number of ether oxygens (including phenoxy) is 1. The maximum atomic E-state index is 11.6. The number of methoxy groups -OCH3 is 1. The van der Waals surface area contributed by atoms with Gasteiger partial charge in [0.2, 0.25) is 0 Å². The van der Waals surface area contributed by atoms with Crippen LogP contribution in [0.15, 0.2) is 67.3 Å². The van der Waals surface area contributed by atoms with Crippen molar-refractivity contribution in [2.45, 2.75) is 0 Å². The summed E-state index contributed by atoms with van der Waals surface area (Å²) in [6, 6.07) is 15.2. The third-order valence-corrected chi connectivity index (χ3v) is 3.63. The van der Waals surface area contributed by atoms with E-state index in [1.165, 1.54) is 7.11 Å². The lowest BCUT2D eigenvalue weighted by molar-refractivity contribution is -0.133. The molecule has 2 nitrogen and oxygen atoms in total. The Balaban J connectivity index is 2.19. The molecule has 0 aliphatic rings. The summed E-state index contributed by atoms with van der Waals surface area (Å²) in [4.78, 5) is 11.6. The summed E-state index contributed by atoms with van der Waals surface area (Å²) in [5.74, 6) is -0.433. The van der Waals surface area contributed by atoms with Gasteiger partial charge in [-0.2, -0.15) is 0 Å². The normalized spacial score (nSPS) is 11.0. The van der Waals surface area contributed by atoms with Gasteiger partial charge >= 0.3 is 5.97 Å². The van der Waals surface area contributed by atoms with Crippen LogP contribution in [0.1, 0.15) is 16.7 Å². The number of rotatable bonds is 5. The first-order valence-electron chi connectivity index (χ1n) is 7.09. The van der Waals surface area contributed by atoms with Crippen LogP contribution in [0.25, 0.3) is 17.7 Å². The molecule has 0 bridgehead atoms. The van der Waals surface area contributed by atoms with Crippen molar-refractivity contribution in [3.63, 3.8) is 0 Å². The first kappa shape index (κ1) is 16.8. The summed E-state index contributed by atoms with van der Waals surface area (Å²) in [5, 5.41) is 0.705. The summed E-state index contributed by atoms with van der Waals surface area (Å²) < 4.78 is 4.73. The van der Waals surface area contributed by atoms with Crippen LogP contribution in [0.2, 0.25) is 5.02 Å². The van der Waals surface area contributed by atoms with Crippen LogP contribution in [0.4, 0.5) is 0 Å². The van der Waals surface area contributed by atoms with Crippen LogP contribution in [0.5, 0.6) is 0 Å². The summed E-state index contributed by atoms with van der Waals surface area (Å²) in [6.45, 7) is 3.80. The van der Waals surface area contributed by atoms with E-state index in [2.05, 4.69) is 6.58 Å². The van der Waals surface area contributed by atoms with Gasteiger partial charge in [-0.05, 0) is 22.8 Å². The average molecular weight is 325 g/mol. The second-order valence-corrected chi connectivity index (χ2v) is 5.20. The highest BCUT2D eigenvalue weighted by atomic mass is 35.5. The Morgan fingerprint density at radius 1 is 1.00 bits per heavy atom. The maximum absolute atomic E-state index is 11.6. The number of carbonyl (C=O) groups is 1. The molecule has 0 heterocycles. The molecule has 3 heteroatoms. The Morgan fingerprint density at radius 3 is 2.22 bits per heavy atom. The lowest BCUT2D eigenvalue weighted by atomic mass is 10.0. The van der Waals surface area contributed by atoms with Gasteiger partial charge < -0.3 is 4.74 Å². The molecule has 0 atom stereocenters. The van der Waals surface area contributed by atoms with Gasteiger partial charge in [-0.25, -0.2) is 4.79 Å². The molecule has 0 radical (unpaired) electrons. The fraction of sp³-hybridized carbons (Fsp3) is 0.0500. The van der Waals surface area contributed by atoms with Gasteiger partial charge in [0.15, 0.2) is 0 Å². The minimum absolute atomic E-state index is 0.336. The largest absolute Gasteiger partial charge is 0.465 e. The Morgan fingerprint density at radius 2 is 1.57 bits per heavy atom. The predicted octanol–water partition coefficient (Wildman–Crippen LogP) is 5.25. The quantitative estimate of drug-likeness (QED) is 0.426. The van der Waals surface area contributed by atoms with Crippen LogP contribution < -0.4 is 0 Å². The predicted molar refractivity (Wildman–Crippen MR) is 97.0 cm³/mol. The van der Waals surface area contributed by atoms with Crippen LogP contribution in [0, 0.1) is 0 Å². The third-order valence-electron chi connectivity index (χ3n) is 3.29. The zero-order valence-corrected chi connectivity index (χ0v) is 13.6. The van der Waals surface area contributed by atoms with E-state index in [9.17, 15) is 4.79 Å². The van der Waals surface area contributed by atoms with Crippen LogP contribution >= 0.6 is 11.6 Å². The maximum Gasteiger partial charge on any atom is 0.337 e.